The number of ether oxygens (including phenoxy) is 3. The summed E-state index contributed by atoms with van der Waals surface area (Å²) in [6, 6.07) is 2.99. The molecule has 0 aromatic heterocycles. The van der Waals surface area contributed by atoms with Crippen LogP contribution >= 0.6 is 0 Å². The third kappa shape index (κ3) is 6.93. The van der Waals surface area contributed by atoms with Gasteiger partial charge in [0.25, 0.3) is 11.8 Å². The van der Waals surface area contributed by atoms with Crippen molar-refractivity contribution in [3.63, 3.8) is 0 Å². The number of nitrogens with zero attached hydrogens (tertiary/aromatic N) is 2. The highest BCUT2D eigenvalue weighted by atomic mass is 16.7. The van der Waals surface area contributed by atoms with Crippen LogP contribution < -0.4 is 4.74 Å². The van der Waals surface area contributed by atoms with Gasteiger partial charge in [-0.2, -0.15) is 0 Å². The van der Waals surface area contributed by atoms with Crippen molar-refractivity contribution in [1.29, 1.82) is 0 Å². The Labute approximate surface area is 318 Å². The minimum absolute atomic E-state index is 0.0376. The summed E-state index contributed by atoms with van der Waals surface area (Å²) in [4.78, 5) is 108. The molecule has 0 radical (unpaired) electrons. The lowest BCUT2D eigenvalue weighted by Gasteiger charge is -2.44. The zero-order chi connectivity index (χ0) is 41.0. The molecule has 2 heterocycles. The van der Waals surface area contributed by atoms with Gasteiger partial charge in [-0.1, -0.05) is 12.1 Å². The van der Waals surface area contributed by atoms with Gasteiger partial charge in [0, 0.05) is 68.6 Å². The van der Waals surface area contributed by atoms with Crippen LogP contribution in [0.15, 0.2) is 18.2 Å². The molecule has 0 saturated carbocycles. The normalized spacial score (nSPS) is 25.6. The molecule has 6 atom stereocenters. The Hall–Kier alpha value is -5.56. The highest BCUT2D eigenvalue weighted by Gasteiger charge is 2.50. The first kappa shape index (κ1) is 40.1. The van der Waals surface area contributed by atoms with Crippen molar-refractivity contribution in [2.24, 2.45) is 0 Å². The number of aliphatic hydroxyl groups excluding tert-OH is 1. The molecule has 2 saturated heterocycles. The van der Waals surface area contributed by atoms with Crippen molar-refractivity contribution >= 4 is 46.9 Å². The quantitative estimate of drug-likeness (QED) is 0.167. The van der Waals surface area contributed by atoms with Crippen LogP contribution in [0.4, 0.5) is 0 Å². The topological polar surface area (TPSA) is 261 Å². The van der Waals surface area contributed by atoms with Gasteiger partial charge in [-0.25, -0.2) is 4.79 Å². The third-order valence-corrected chi connectivity index (χ3v) is 10.6. The van der Waals surface area contributed by atoms with Crippen LogP contribution in [0.3, 0.4) is 0 Å². The average molecular weight is 781 g/mol. The van der Waals surface area contributed by atoms with E-state index in [0.717, 1.165) is 18.7 Å². The van der Waals surface area contributed by atoms with Crippen LogP contribution in [-0.4, -0.2) is 115 Å². The number of methoxy groups -OCH3 is 1. The maximum atomic E-state index is 13.9. The Morgan fingerprint density at radius 1 is 0.964 bits per heavy atom. The number of carbonyl (C=O) groups is 8. The number of carbonyl (C=O) groups excluding carboxylic acids is 8. The molecule has 6 rings (SSSR count). The summed E-state index contributed by atoms with van der Waals surface area (Å²) in [6.45, 7) is 3.61. The molecule has 18 nitrogen and oxygen atoms in total. The van der Waals surface area contributed by atoms with Gasteiger partial charge in [0.2, 0.25) is 17.6 Å². The summed E-state index contributed by atoms with van der Waals surface area (Å²) >= 11 is 0. The lowest BCUT2D eigenvalue weighted by atomic mass is 9.72. The Morgan fingerprint density at radius 2 is 1.62 bits per heavy atom. The molecule has 2 aromatic rings. The maximum Gasteiger partial charge on any atom is 0.333 e. The number of hydrogen-bond acceptors (Lipinski definition) is 16. The molecule has 2 aliphatic carbocycles. The van der Waals surface area contributed by atoms with Crippen LogP contribution in [0, 0.1) is 0 Å². The number of hydroxylamine groups is 2. The van der Waals surface area contributed by atoms with Crippen LogP contribution in [0.25, 0.3) is 0 Å². The van der Waals surface area contributed by atoms with E-state index in [1.807, 2.05) is 0 Å². The molecule has 4 unspecified atom stereocenters. The number of ketones is 3. The number of aromatic hydroxyl groups is 2. The van der Waals surface area contributed by atoms with Crippen molar-refractivity contribution in [1.82, 2.24) is 9.96 Å². The lowest BCUT2D eigenvalue weighted by Crippen LogP contribution is -2.58. The molecule has 2 aliphatic heterocycles. The van der Waals surface area contributed by atoms with E-state index in [1.54, 1.807) is 0 Å². The molecule has 298 valence electrons. The molecule has 18 heteroatoms. The van der Waals surface area contributed by atoms with Crippen LogP contribution in [0.2, 0.25) is 0 Å². The van der Waals surface area contributed by atoms with Gasteiger partial charge in [-0.3, -0.25) is 38.5 Å². The third-order valence-electron chi connectivity index (χ3n) is 10.6. The predicted molar refractivity (Wildman–Crippen MR) is 185 cm³/mol. The Balaban J connectivity index is 1.27. The summed E-state index contributed by atoms with van der Waals surface area (Å²) in [5.41, 5.74) is -3.99. The molecular weight excluding hydrogens is 740 g/mol. The average Bonchev–Trinajstić information content (AvgIpc) is 3.45. The van der Waals surface area contributed by atoms with E-state index in [1.165, 1.54) is 32.2 Å². The molecule has 2 fully saturated rings. The molecular formula is C38H40N2O16. The van der Waals surface area contributed by atoms with Gasteiger partial charge >= 0.3 is 5.97 Å². The van der Waals surface area contributed by atoms with Gasteiger partial charge in [0.15, 0.2) is 17.9 Å². The highest BCUT2D eigenvalue weighted by molar-refractivity contribution is 6.31. The fourth-order valence-corrected chi connectivity index (χ4v) is 7.76. The highest BCUT2D eigenvalue weighted by Crippen LogP contribution is 2.52. The number of rotatable bonds is 10. The molecule has 56 heavy (non-hydrogen) atoms. The van der Waals surface area contributed by atoms with Crippen LogP contribution in [-0.2, 0) is 49.5 Å². The molecule has 0 bridgehead atoms. The van der Waals surface area contributed by atoms with Crippen LogP contribution in [0.5, 0.6) is 17.2 Å². The second-order valence-corrected chi connectivity index (χ2v) is 14.2. The van der Waals surface area contributed by atoms with E-state index in [-0.39, 0.29) is 66.5 Å². The Morgan fingerprint density at radius 3 is 2.25 bits per heavy atom. The number of hydrogen-bond donors (Lipinski definition) is 4. The Kier molecular flexibility index (Phi) is 10.9. The number of amides is 4. The summed E-state index contributed by atoms with van der Waals surface area (Å²) in [5, 5.41) is 46.4. The first-order valence-electron chi connectivity index (χ1n) is 17.9. The van der Waals surface area contributed by atoms with Gasteiger partial charge in [-0.15, -0.1) is 5.06 Å². The van der Waals surface area contributed by atoms with Crippen molar-refractivity contribution in [3.05, 3.63) is 51.6 Å². The van der Waals surface area contributed by atoms with Crippen molar-refractivity contribution in [3.8, 4) is 17.2 Å². The number of benzene rings is 2. The van der Waals surface area contributed by atoms with E-state index >= 15 is 0 Å². The van der Waals surface area contributed by atoms with Gasteiger partial charge in [-0.05, 0) is 26.3 Å². The van der Waals surface area contributed by atoms with Crippen molar-refractivity contribution < 1.29 is 77.8 Å². The van der Waals surface area contributed by atoms with E-state index in [0.29, 0.717) is 5.06 Å². The molecule has 4 N–H and O–H groups in total. The molecule has 0 spiro atoms. The molecule has 4 amide bonds. The summed E-state index contributed by atoms with van der Waals surface area (Å²) in [7, 11) is 1.29. The van der Waals surface area contributed by atoms with Crippen molar-refractivity contribution in [2.45, 2.75) is 108 Å². The smallest absolute Gasteiger partial charge is 0.333 e. The van der Waals surface area contributed by atoms with Crippen molar-refractivity contribution in [2.75, 3.05) is 7.11 Å². The minimum Gasteiger partial charge on any atom is -0.507 e. The monoisotopic (exact) mass is 780 g/mol. The lowest BCUT2D eigenvalue weighted by molar-refractivity contribution is -0.256. The minimum atomic E-state index is -2.20. The van der Waals surface area contributed by atoms with Gasteiger partial charge in [0.05, 0.1) is 42.0 Å². The number of Topliss-reactive ketones (excluding diaryl/α,β-unsaturated/α-hetero) is 1. The SMILES string of the molecule is COc1cccc2c1C(=O)c1c(O)c3c(c(O)c1C2=O)C[C@@](O)(C(C)=O)C[C@@H]3OC1CC(N(C(C)=O)C(=O)CCCC(=O)ON2C(=O)CCC2=O)C(O)C(C)O1. The maximum absolute atomic E-state index is 13.9. The van der Waals surface area contributed by atoms with Crippen LogP contribution in [0.1, 0.15) is 115 Å². The Bertz CT molecular complexity index is 2060. The summed E-state index contributed by atoms with van der Waals surface area (Å²) in [6.07, 6.45) is -8.04. The second-order valence-electron chi connectivity index (χ2n) is 14.2. The molecule has 2 aromatic carbocycles. The van der Waals surface area contributed by atoms with E-state index in [2.05, 4.69) is 0 Å². The first-order chi connectivity index (χ1) is 26.4. The van der Waals surface area contributed by atoms with Gasteiger partial charge in [0.1, 0.15) is 29.0 Å². The van der Waals surface area contributed by atoms with Gasteiger partial charge < -0.3 is 39.5 Å². The predicted octanol–water partition coefficient (Wildman–Crippen LogP) is 1.22. The van der Waals surface area contributed by atoms with E-state index in [9.17, 15) is 58.8 Å². The largest absolute Gasteiger partial charge is 0.507 e. The number of aliphatic hydroxyl groups is 2. The number of imide groups is 2. The summed E-state index contributed by atoms with van der Waals surface area (Å²) < 4.78 is 17.4. The number of phenolic OH excluding ortho intramolecular Hbond substituents is 2. The summed E-state index contributed by atoms with van der Waals surface area (Å²) in [5.74, 6) is -7.75. The first-order valence-corrected chi connectivity index (χ1v) is 17.9. The zero-order valence-corrected chi connectivity index (χ0v) is 30.9. The zero-order valence-electron chi connectivity index (χ0n) is 30.9. The van der Waals surface area contributed by atoms with E-state index in [4.69, 9.17) is 19.0 Å². The standard InChI is InChI=1S/C38H40N2O16/c1-16-33(47)21(39(18(3)42)24(43)9-6-10-27(46)56-40-25(44)11-12-26(40)45)13-28(54-16)55-23-15-38(52,17(2)41)14-20-30(23)37(51)32-31(35(20)49)34(48)19-7-5-8-22(53-4)29(19)36(32)50/h5,7-8,16,21,23,28,33,47,49,51-52H,6,9-15H2,1-4H3/t16?,21?,23-,28?,33?,38-/m0/s1. The fourth-order valence-electron chi connectivity index (χ4n) is 7.76. The second kappa shape index (κ2) is 15.2. The van der Waals surface area contributed by atoms with E-state index < -0.39 is 119 Å². The molecule has 4 aliphatic rings. The number of fused-ring (bicyclic) bond motifs is 3. The fraction of sp³-hybridized carbons (Fsp3) is 0.474. The number of phenols is 2.